The molecule has 1 N–H and O–H groups in total. The Balaban J connectivity index is 3.02. The van der Waals surface area contributed by atoms with Crippen LogP contribution in [-0.4, -0.2) is 17.4 Å². The number of benzene rings is 1. The number of hydrogen-bond donors (Lipinski definition) is 1. The smallest absolute Gasteiger partial charge is 0.271 e. The zero-order valence-electron chi connectivity index (χ0n) is 10.4. The molecule has 0 unspecified atom stereocenters. The summed E-state index contributed by atoms with van der Waals surface area (Å²) >= 11 is 11.6. The van der Waals surface area contributed by atoms with E-state index in [1.54, 1.807) is 0 Å². The summed E-state index contributed by atoms with van der Waals surface area (Å²) in [6, 6.07) is 2.21. The van der Waals surface area contributed by atoms with Crippen molar-refractivity contribution in [3.63, 3.8) is 0 Å². The van der Waals surface area contributed by atoms with Crippen LogP contribution in [0.2, 0.25) is 10.0 Å². The number of carbonyl (C=O) groups is 1. The lowest BCUT2D eigenvalue weighted by molar-refractivity contribution is -0.384. The normalized spacial score (nSPS) is 9.89. The van der Waals surface area contributed by atoms with Gasteiger partial charge in [-0.15, -0.1) is 0 Å². The molecule has 0 aromatic heterocycles. The van der Waals surface area contributed by atoms with Crippen LogP contribution in [0.1, 0.15) is 24.2 Å². The van der Waals surface area contributed by atoms with Crippen LogP contribution in [0.5, 0.6) is 0 Å². The molecule has 0 saturated heterocycles. The summed E-state index contributed by atoms with van der Waals surface area (Å²) in [5.41, 5.74) is 0.758. The van der Waals surface area contributed by atoms with E-state index in [1.807, 2.05) is 19.9 Å². The van der Waals surface area contributed by atoms with Crippen molar-refractivity contribution in [2.24, 2.45) is 0 Å². The molecule has 0 aliphatic heterocycles. The predicted octanol–water partition coefficient (Wildman–Crippen LogP) is 3.60. The highest BCUT2D eigenvalue weighted by atomic mass is 35.5. The molecule has 0 heterocycles. The molecule has 7 heteroatoms. The zero-order chi connectivity index (χ0) is 14.6. The SMILES string of the molecule is CC(C)=CCNC(=O)c1cc([N+](=O)[O-])cc(Cl)c1Cl. The number of rotatable bonds is 4. The molecular weight excluding hydrogens is 291 g/mol. The molecule has 1 amide bonds. The van der Waals surface area contributed by atoms with Crippen molar-refractivity contribution in [1.29, 1.82) is 0 Å². The van der Waals surface area contributed by atoms with E-state index in [-0.39, 0.29) is 21.3 Å². The molecule has 0 aliphatic rings. The average molecular weight is 303 g/mol. The van der Waals surface area contributed by atoms with Crippen molar-refractivity contribution >= 4 is 34.8 Å². The number of carbonyl (C=O) groups excluding carboxylic acids is 1. The fraction of sp³-hybridized carbons (Fsp3) is 0.250. The molecule has 0 aliphatic carbocycles. The highest BCUT2D eigenvalue weighted by Gasteiger charge is 2.18. The van der Waals surface area contributed by atoms with Gasteiger partial charge in [-0.1, -0.05) is 34.9 Å². The number of halogens is 2. The van der Waals surface area contributed by atoms with Gasteiger partial charge in [-0.05, 0) is 13.8 Å². The van der Waals surface area contributed by atoms with Crippen LogP contribution in [0.15, 0.2) is 23.8 Å². The lowest BCUT2D eigenvalue weighted by Gasteiger charge is -2.06. The summed E-state index contributed by atoms with van der Waals surface area (Å²) in [7, 11) is 0. The molecule has 0 spiro atoms. The Hall–Kier alpha value is -1.59. The number of nitrogens with one attached hydrogen (secondary N) is 1. The van der Waals surface area contributed by atoms with Gasteiger partial charge in [0.25, 0.3) is 11.6 Å². The third-order valence-corrected chi connectivity index (χ3v) is 3.04. The number of nitro benzene ring substituents is 1. The number of nitrogens with zero attached hydrogens (tertiary/aromatic N) is 1. The van der Waals surface area contributed by atoms with Crippen LogP contribution in [0.3, 0.4) is 0 Å². The van der Waals surface area contributed by atoms with Crippen molar-refractivity contribution < 1.29 is 9.72 Å². The maximum Gasteiger partial charge on any atom is 0.271 e. The van der Waals surface area contributed by atoms with Crippen LogP contribution < -0.4 is 5.32 Å². The first-order chi connectivity index (χ1) is 8.82. The Morgan fingerprint density at radius 1 is 1.42 bits per heavy atom. The van der Waals surface area contributed by atoms with Gasteiger partial charge in [0.2, 0.25) is 0 Å². The number of nitro groups is 1. The van der Waals surface area contributed by atoms with Crippen LogP contribution in [0.4, 0.5) is 5.69 Å². The van der Waals surface area contributed by atoms with E-state index in [2.05, 4.69) is 5.32 Å². The number of hydrogen-bond acceptors (Lipinski definition) is 3. The van der Waals surface area contributed by atoms with E-state index < -0.39 is 10.8 Å². The van der Waals surface area contributed by atoms with E-state index in [9.17, 15) is 14.9 Å². The molecule has 0 bridgehead atoms. The van der Waals surface area contributed by atoms with E-state index in [4.69, 9.17) is 23.2 Å². The lowest BCUT2D eigenvalue weighted by atomic mass is 10.2. The van der Waals surface area contributed by atoms with Gasteiger partial charge in [-0.3, -0.25) is 14.9 Å². The van der Waals surface area contributed by atoms with Gasteiger partial charge in [0.15, 0.2) is 0 Å². The molecular formula is C12H12Cl2N2O3. The van der Waals surface area contributed by atoms with Crippen LogP contribution >= 0.6 is 23.2 Å². The van der Waals surface area contributed by atoms with Crippen molar-refractivity contribution in [2.75, 3.05) is 6.54 Å². The largest absolute Gasteiger partial charge is 0.349 e. The molecule has 0 atom stereocenters. The molecule has 1 aromatic rings. The summed E-state index contributed by atoms with van der Waals surface area (Å²) in [4.78, 5) is 21.9. The van der Waals surface area contributed by atoms with Crippen molar-refractivity contribution in [2.45, 2.75) is 13.8 Å². The van der Waals surface area contributed by atoms with Crippen molar-refractivity contribution in [1.82, 2.24) is 5.32 Å². The second kappa shape index (κ2) is 6.54. The van der Waals surface area contributed by atoms with Crippen LogP contribution in [0, 0.1) is 10.1 Å². The summed E-state index contributed by atoms with van der Waals surface area (Å²) < 4.78 is 0. The van der Waals surface area contributed by atoms with Crippen LogP contribution in [-0.2, 0) is 0 Å². The Labute approximate surface area is 120 Å². The fourth-order valence-electron chi connectivity index (χ4n) is 1.29. The molecule has 0 saturated carbocycles. The van der Waals surface area contributed by atoms with Gasteiger partial charge in [0, 0.05) is 18.7 Å². The lowest BCUT2D eigenvalue weighted by Crippen LogP contribution is -2.24. The van der Waals surface area contributed by atoms with E-state index in [0.29, 0.717) is 6.54 Å². The maximum absolute atomic E-state index is 11.9. The van der Waals surface area contributed by atoms with E-state index in [1.165, 1.54) is 0 Å². The van der Waals surface area contributed by atoms with Crippen molar-refractivity contribution in [3.05, 3.63) is 49.5 Å². The third-order valence-electron chi connectivity index (χ3n) is 2.24. The zero-order valence-corrected chi connectivity index (χ0v) is 11.9. The molecule has 102 valence electrons. The van der Waals surface area contributed by atoms with Crippen molar-refractivity contribution in [3.8, 4) is 0 Å². The number of non-ortho nitro benzene ring substituents is 1. The molecule has 0 fully saturated rings. The Kier molecular flexibility index (Phi) is 5.32. The molecule has 1 aromatic carbocycles. The van der Waals surface area contributed by atoms with Gasteiger partial charge >= 0.3 is 0 Å². The van der Waals surface area contributed by atoms with Gasteiger partial charge < -0.3 is 5.32 Å². The Morgan fingerprint density at radius 2 is 2.05 bits per heavy atom. The second-order valence-corrected chi connectivity index (χ2v) is 4.82. The molecule has 5 nitrogen and oxygen atoms in total. The standard InChI is InChI=1S/C12H12Cl2N2O3/c1-7(2)3-4-15-12(17)9-5-8(16(18)19)6-10(13)11(9)14/h3,5-6H,4H2,1-2H3,(H,15,17). The minimum absolute atomic E-state index is 0.00182. The van der Waals surface area contributed by atoms with Gasteiger partial charge in [0.05, 0.1) is 20.5 Å². The average Bonchev–Trinajstić information content (AvgIpc) is 2.31. The third kappa shape index (κ3) is 4.22. The topological polar surface area (TPSA) is 72.2 Å². The first-order valence-electron chi connectivity index (χ1n) is 5.38. The van der Waals surface area contributed by atoms with Gasteiger partial charge in [-0.2, -0.15) is 0 Å². The first-order valence-corrected chi connectivity index (χ1v) is 6.13. The first kappa shape index (κ1) is 15.5. The molecule has 0 radical (unpaired) electrons. The summed E-state index contributed by atoms with van der Waals surface area (Å²) in [5, 5.41) is 13.3. The second-order valence-electron chi connectivity index (χ2n) is 4.04. The summed E-state index contributed by atoms with van der Waals surface area (Å²) in [6.07, 6.45) is 1.81. The fourth-order valence-corrected chi connectivity index (χ4v) is 1.70. The highest BCUT2D eigenvalue weighted by Crippen LogP contribution is 2.30. The van der Waals surface area contributed by atoms with Gasteiger partial charge in [0.1, 0.15) is 0 Å². The van der Waals surface area contributed by atoms with Crippen LogP contribution in [0.25, 0.3) is 0 Å². The predicted molar refractivity (Wildman–Crippen MR) is 74.9 cm³/mol. The molecule has 1 rings (SSSR count). The Morgan fingerprint density at radius 3 is 2.58 bits per heavy atom. The Bertz CT molecular complexity index is 552. The minimum atomic E-state index is -0.630. The summed E-state index contributed by atoms with van der Waals surface area (Å²) in [6.45, 7) is 4.10. The van der Waals surface area contributed by atoms with E-state index in [0.717, 1.165) is 17.7 Å². The quantitative estimate of drug-likeness (QED) is 0.525. The molecule has 19 heavy (non-hydrogen) atoms. The number of allylic oxidation sites excluding steroid dienone is 1. The highest BCUT2D eigenvalue weighted by molar-refractivity contribution is 6.44. The summed E-state index contributed by atoms with van der Waals surface area (Å²) in [5.74, 6) is -0.506. The minimum Gasteiger partial charge on any atom is -0.349 e. The van der Waals surface area contributed by atoms with Gasteiger partial charge in [-0.25, -0.2) is 0 Å². The number of amides is 1. The maximum atomic E-state index is 11.9. The monoisotopic (exact) mass is 302 g/mol. The van der Waals surface area contributed by atoms with E-state index >= 15 is 0 Å².